The van der Waals surface area contributed by atoms with E-state index in [0.29, 0.717) is 17.0 Å². The first-order chi connectivity index (χ1) is 8.74. The minimum absolute atomic E-state index is 0.0290. The summed E-state index contributed by atoms with van der Waals surface area (Å²) in [5.74, 6) is 0. The normalized spacial score (nSPS) is 10.9. The molecule has 0 radical (unpaired) electrons. The molecular weight excluding hydrogens is 266 g/mol. The minimum atomic E-state index is 0.0290. The summed E-state index contributed by atoms with van der Waals surface area (Å²) >= 11 is 7.39. The minimum Gasteiger partial charge on any atom is -0.268 e. The third kappa shape index (κ3) is 2.07. The summed E-state index contributed by atoms with van der Waals surface area (Å²) in [4.78, 5) is 12.2. The highest BCUT2D eigenvalue weighted by Gasteiger charge is 2.08. The van der Waals surface area contributed by atoms with E-state index in [1.165, 1.54) is 11.5 Å². The van der Waals surface area contributed by atoms with Crippen LogP contribution in [0.25, 0.3) is 10.1 Å². The van der Waals surface area contributed by atoms with Gasteiger partial charge in [0, 0.05) is 5.02 Å². The van der Waals surface area contributed by atoms with E-state index in [0.717, 1.165) is 10.3 Å². The number of halogens is 1. The second kappa shape index (κ2) is 4.59. The van der Waals surface area contributed by atoms with Crippen LogP contribution < -0.4 is 5.56 Å². The molecule has 3 rings (SSSR count). The lowest BCUT2D eigenvalue weighted by Crippen LogP contribution is -2.13. The Labute approximate surface area is 113 Å². The molecule has 3 aromatic rings. The molecular formula is C14H10ClNOS. The van der Waals surface area contributed by atoms with Crippen LogP contribution in [0.5, 0.6) is 0 Å². The number of hydrogen-bond donors (Lipinski definition) is 0. The lowest BCUT2D eigenvalue weighted by molar-refractivity contribution is 0.854. The Bertz CT molecular complexity index is 745. The molecule has 0 fully saturated rings. The monoisotopic (exact) mass is 275 g/mol. The molecule has 0 unspecified atom stereocenters. The van der Waals surface area contributed by atoms with Crippen LogP contribution in [0, 0.1) is 0 Å². The fraction of sp³-hybridized carbons (Fsp3) is 0.0714. The summed E-state index contributed by atoms with van der Waals surface area (Å²) < 4.78 is 2.73. The van der Waals surface area contributed by atoms with Gasteiger partial charge in [-0.3, -0.25) is 8.75 Å². The Hall–Kier alpha value is -1.58. The SMILES string of the molecule is O=c1c2cc(Cl)ccc2sn1Cc1ccccc1. The van der Waals surface area contributed by atoms with Gasteiger partial charge in [0.25, 0.3) is 5.56 Å². The average molecular weight is 276 g/mol. The molecule has 0 spiro atoms. The van der Waals surface area contributed by atoms with Crippen molar-refractivity contribution in [1.82, 2.24) is 3.96 Å². The first-order valence-corrected chi connectivity index (χ1v) is 6.72. The van der Waals surface area contributed by atoms with Crippen molar-refractivity contribution in [2.45, 2.75) is 6.54 Å². The Morgan fingerprint density at radius 3 is 2.67 bits per heavy atom. The van der Waals surface area contributed by atoms with E-state index in [1.54, 1.807) is 10.0 Å². The van der Waals surface area contributed by atoms with Gasteiger partial charge in [0.15, 0.2) is 0 Å². The summed E-state index contributed by atoms with van der Waals surface area (Å²) in [6, 6.07) is 15.4. The zero-order valence-electron chi connectivity index (χ0n) is 9.47. The molecule has 0 atom stereocenters. The first kappa shape index (κ1) is 11.5. The van der Waals surface area contributed by atoms with Crippen molar-refractivity contribution >= 4 is 33.2 Å². The van der Waals surface area contributed by atoms with E-state index in [4.69, 9.17) is 11.6 Å². The van der Waals surface area contributed by atoms with E-state index in [1.807, 2.05) is 42.5 Å². The predicted octanol–water partition coefficient (Wildman–Crippen LogP) is 3.76. The number of nitrogens with zero attached hydrogens (tertiary/aromatic N) is 1. The maximum atomic E-state index is 12.2. The molecule has 1 heterocycles. The van der Waals surface area contributed by atoms with Crippen LogP contribution in [0.2, 0.25) is 5.02 Å². The van der Waals surface area contributed by atoms with Crippen molar-refractivity contribution in [2.75, 3.05) is 0 Å². The molecule has 4 heteroatoms. The van der Waals surface area contributed by atoms with E-state index in [-0.39, 0.29) is 5.56 Å². The number of benzene rings is 2. The molecule has 2 aromatic carbocycles. The molecule has 0 bridgehead atoms. The third-order valence-corrected chi connectivity index (χ3v) is 4.08. The quantitative estimate of drug-likeness (QED) is 0.698. The highest BCUT2D eigenvalue weighted by Crippen LogP contribution is 2.21. The Kier molecular flexibility index (Phi) is 2.94. The van der Waals surface area contributed by atoms with Crippen LogP contribution in [-0.2, 0) is 6.54 Å². The van der Waals surface area contributed by atoms with E-state index in [2.05, 4.69) is 0 Å². The van der Waals surface area contributed by atoms with Crippen molar-refractivity contribution < 1.29 is 0 Å². The van der Waals surface area contributed by atoms with Crippen LogP contribution in [0.4, 0.5) is 0 Å². The van der Waals surface area contributed by atoms with Gasteiger partial charge in [-0.2, -0.15) is 0 Å². The lowest BCUT2D eigenvalue weighted by atomic mass is 10.2. The summed E-state index contributed by atoms with van der Waals surface area (Å²) in [5, 5.41) is 1.30. The second-order valence-corrected chi connectivity index (χ2v) is 5.56. The molecule has 0 N–H and O–H groups in total. The van der Waals surface area contributed by atoms with Gasteiger partial charge in [-0.1, -0.05) is 53.5 Å². The van der Waals surface area contributed by atoms with E-state index >= 15 is 0 Å². The molecule has 2 nitrogen and oxygen atoms in total. The van der Waals surface area contributed by atoms with Crippen LogP contribution in [0.1, 0.15) is 5.56 Å². The molecule has 0 aliphatic rings. The molecule has 0 amide bonds. The van der Waals surface area contributed by atoms with Crippen molar-refractivity contribution in [3.63, 3.8) is 0 Å². The molecule has 18 heavy (non-hydrogen) atoms. The topological polar surface area (TPSA) is 22.0 Å². The van der Waals surface area contributed by atoms with Crippen molar-refractivity contribution in [1.29, 1.82) is 0 Å². The average Bonchev–Trinajstić information content (AvgIpc) is 2.68. The van der Waals surface area contributed by atoms with Gasteiger partial charge in [0.1, 0.15) is 0 Å². The van der Waals surface area contributed by atoms with Crippen LogP contribution in [0.3, 0.4) is 0 Å². The highest BCUT2D eigenvalue weighted by molar-refractivity contribution is 7.13. The summed E-state index contributed by atoms with van der Waals surface area (Å²) in [7, 11) is 0. The number of aromatic nitrogens is 1. The van der Waals surface area contributed by atoms with Crippen molar-refractivity contribution in [2.24, 2.45) is 0 Å². The van der Waals surface area contributed by atoms with Crippen LogP contribution in [0.15, 0.2) is 53.3 Å². The van der Waals surface area contributed by atoms with Gasteiger partial charge in [-0.05, 0) is 23.8 Å². The lowest BCUT2D eigenvalue weighted by Gasteiger charge is -1.99. The van der Waals surface area contributed by atoms with E-state index < -0.39 is 0 Å². The zero-order valence-corrected chi connectivity index (χ0v) is 11.0. The standard InChI is InChI=1S/C14H10ClNOS/c15-11-6-7-13-12(8-11)14(17)16(18-13)9-10-4-2-1-3-5-10/h1-8H,9H2. The predicted molar refractivity (Wildman–Crippen MR) is 76.6 cm³/mol. The molecule has 0 aliphatic carbocycles. The second-order valence-electron chi connectivity index (χ2n) is 4.06. The van der Waals surface area contributed by atoms with Gasteiger partial charge in [-0.15, -0.1) is 0 Å². The number of rotatable bonds is 2. The number of hydrogen-bond acceptors (Lipinski definition) is 2. The number of fused-ring (bicyclic) bond motifs is 1. The van der Waals surface area contributed by atoms with Crippen molar-refractivity contribution in [3.05, 3.63) is 69.5 Å². The first-order valence-electron chi connectivity index (χ1n) is 5.57. The molecule has 1 aromatic heterocycles. The van der Waals surface area contributed by atoms with Gasteiger partial charge in [0.05, 0.1) is 16.6 Å². The molecule has 0 saturated heterocycles. The van der Waals surface area contributed by atoms with Gasteiger partial charge in [0.2, 0.25) is 0 Å². The van der Waals surface area contributed by atoms with Crippen LogP contribution in [-0.4, -0.2) is 3.96 Å². The smallest absolute Gasteiger partial charge is 0.268 e. The van der Waals surface area contributed by atoms with Gasteiger partial charge < -0.3 is 0 Å². The molecule has 90 valence electrons. The largest absolute Gasteiger partial charge is 0.268 e. The van der Waals surface area contributed by atoms with Crippen molar-refractivity contribution in [3.8, 4) is 0 Å². The fourth-order valence-corrected chi connectivity index (χ4v) is 3.07. The highest BCUT2D eigenvalue weighted by atomic mass is 35.5. The summed E-state index contributed by atoms with van der Waals surface area (Å²) in [6.45, 7) is 0.608. The summed E-state index contributed by atoms with van der Waals surface area (Å²) in [5.41, 5.74) is 1.15. The Morgan fingerprint density at radius 2 is 1.89 bits per heavy atom. The Balaban J connectivity index is 2.08. The van der Waals surface area contributed by atoms with Gasteiger partial charge >= 0.3 is 0 Å². The molecule has 0 saturated carbocycles. The van der Waals surface area contributed by atoms with Crippen LogP contribution >= 0.6 is 23.1 Å². The fourth-order valence-electron chi connectivity index (χ4n) is 1.90. The van der Waals surface area contributed by atoms with Gasteiger partial charge in [-0.25, -0.2) is 0 Å². The summed E-state index contributed by atoms with van der Waals surface area (Å²) in [6.07, 6.45) is 0. The third-order valence-electron chi connectivity index (χ3n) is 2.78. The molecule has 0 aliphatic heterocycles. The maximum Gasteiger partial charge on any atom is 0.268 e. The Morgan fingerprint density at radius 1 is 1.11 bits per heavy atom. The zero-order chi connectivity index (χ0) is 12.5. The maximum absolute atomic E-state index is 12.2. The van der Waals surface area contributed by atoms with E-state index in [9.17, 15) is 4.79 Å².